The molecule has 0 aromatic carbocycles. The molecule has 0 bridgehead atoms. The van der Waals surface area contributed by atoms with Crippen LogP contribution in [0.4, 0.5) is 4.79 Å². The highest BCUT2D eigenvalue weighted by atomic mass is 16.3. The van der Waals surface area contributed by atoms with Gasteiger partial charge in [0, 0.05) is 6.54 Å². The molecule has 1 unspecified atom stereocenters. The zero-order valence-corrected chi connectivity index (χ0v) is 11.7. The molecule has 1 heterocycles. The van der Waals surface area contributed by atoms with Crippen LogP contribution < -0.4 is 15.5 Å². The molecule has 1 rings (SSSR count). The molecular formula is C13H22N3O3+. The first-order chi connectivity index (χ1) is 8.97. The van der Waals surface area contributed by atoms with E-state index in [1.165, 1.54) is 0 Å². The highest BCUT2D eigenvalue weighted by Crippen LogP contribution is 1.95. The third-order valence-electron chi connectivity index (χ3n) is 2.44. The highest BCUT2D eigenvalue weighted by Gasteiger charge is 2.14. The number of rotatable bonds is 6. The van der Waals surface area contributed by atoms with Crippen LogP contribution in [0.15, 0.2) is 22.8 Å². The zero-order chi connectivity index (χ0) is 14.3. The molecule has 0 spiro atoms. The number of carbonyl (C=O) groups excluding carboxylic acids is 2. The summed E-state index contributed by atoms with van der Waals surface area (Å²) in [5, 5.41) is 4.94. The number of quaternary nitrogens is 1. The summed E-state index contributed by atoms with van der Waals surface area (Å²) in [5.74, 6) is 0.868. The highest BCUT2D eigenvalue weighted by molar-refractivity contribution is 5.94. The Morgan fingerprint density at radius 1 is 1.42 bits per heavy atom. The van der Waals surface area contributed by atoms with Crippen molar-refractivity contribution in [2.75, 3.05) is 20.1 Å². The normalized spacial score (nSPS) is 12.2. The van der Waals surface area contributed by atoms with E-state index in [9.17, 15) is 9.59 Å². The van der Waals surface area contributed by atoms with Gasteiger partial charge in [-0.05, 0) is 18.1 Å². The fourth-order valence-corrected chi connectivity index (χ4v) is 1.56. The Labute approximate surface area is 113 Å². The maximum Gasteiger partial charge on any atom is 0.321 e. The van der Waals surface area contributed by atoms with Crippen molar-refractivity contribution in [1.82, 2.24) is 10.6 Å². The fourth-order valence-electron chi connectivity index (χ4n) is 1.56. The van der Waals surface area contributed by atoms with Crippen molar-refractivity contribution >= 4 is 11.9 Å². The predicted molar refractivity (Wildman–Crippen MR) is 70.5 cm³/mol. The molecule has 1 atom stereocenters. The van der Waals surface area contributed by atoms with Gasteiger partial charge in [-0.25, -0.2) is 4.79 Å². The van der Waals surface area contributed by atoms with E-state index >= 15 is 0 Å². The third-order valence-corrected chi connectivity index (χ3v) is 2.44. The summed E-state index contributed by atoms with van der Waals surface area (Å²) in [4.78, 5) is 23.9. The van der Waals surface area contributed by atoms with Gasteiger partial charge in [-0.15, -0.1) is 0 Å². The van der Waals surface area contributed by atoms with Crippen molar-refractivity contribution in [2.45, 2.75) is 20.4 Å². The van der Waals surface area contributed by atoms with Crippen molar-refractivity contribution in [3.05, 3.63) is 24.2 Å². The number of nitrogens with one attached hydrogen (secondary N) is 3. The van der Waals surface area contributed by atoms with Gasteiger partial charge in [-0.2, -0.15) is 0 Å². The van der Waals surface area contributed by atoms with Gasteiger partial charge in [-0.1, -0.05) is 13.8 Å². The number of urea groups is 1. The summed E-state index contributed by atoms with van der Waals surface area (Å²) in [6, 6.07) is 3.23. The second-order valence-corrected chi connectivity index (χ2v) is 5.04. The third kappa shape index (κ3) is 6.61. The largest absolute Gasteiger partial charge is 0.463 e. The van der Waals surface area contributed by atoms with E-state index in [4.69, 9.17) is 4.42 Å². The number of furan rings is 1. The lowest BCUT2D eigenvalue weighted by molar-refractivity contribution is -0.886. The minimum absolute atomic E-state index is 0.218. The van der Waals surface area contributed by atoms with Crippen LogP contribution in [0.25, 0.3) is 0 Å². The molecule has 0 fully saturated rings. The number of hydrogen-bond acceptors (Lipinski definition) is 3. The summed E-state index contributed by atoms with van der Waals surface area (Å²) >= 11 is 0. The molecule has 0 aliphatic heterocycles. The first-order valence-corrected chi connectivity index (χ1v) is 6.38. The Kier molecular flexibility index (Phi) is 6.08. The van der Waals surface area contributed by atoms with Crippen LogP contribution >= 0.6 is 0 Å². The molecule has 0 saturated heterocycles. The van der Waals surface area contributed by atoms with E-state index in [2.05, 4.69) is 10.6 Å². The predicted octanol–water partition coefficient (Wildman–Crippen LogP) is -0.224. The molecular weight excluding hydrogens is 246 g/mol. The Balaban J connectivity index is 2.24. The van der Waals surface area contributed by atoms with Gasteiger partial charge in [-0.3, -0.25) is 10.1 Å². The second kappa shape index (κ2) is 7.58. The number of hydrogen-bond donors (Lipinski definition) is 3. The molecule has 3 amide bonds. The first-order valence-electron chi connectivity index (χ1n) is 6.38. The molecule has 0 aliphatic rings. The summed E-state index contributed by atoms with van der Waals surface area (Å²) in [6.45, 7) is 5.35. The van der Waals surface area contributed by atoms with Crippen LogP contribution in [-0.2, 0) is 11.3 Å². The summed E-state index contributed by atoms with van der Waals surface area (Å²) in [7, 11) is 1.87. The van der Waals surface area contributed by atoms with Crippen molar-refractivity contribution in [3.63, 3.8) is 0 Å². The molecule has 0 saturated carbocycles. The zero-order valence-electron chi connectivity index (χ0n) is 11.7. The summed E-state index contributed by atoms with van der Waals surface area (Å²) < 4.78 is 5.20. The fraction of sp³-hybridized carbons (Fsp3) is 0.538. The summed E-state index contributed by atoms with van der Waals surface area (Å²) in [5.41, 5.74) is 0. The molecule has 19 heavy (non-hydrogen) atoms. The number of imide groups is 1. The minimum Gasteiger partial charge on any atom is -0.463 e. The molecule has 0 radical (unpaired) electrons. The number of amides is 3. The SMILES string of the molecule is CC(C)CNC(=O)NC(=O)C[NH+](C)Cc1ccco1. The molecule has 1 aromatic heterocycles. The van der Waals surface area contributed by atoms with Crippen molar-refractivity contribution < 1.29 is 18.9 Å². The van der Waals surface area contributed by atoms with Crippen LogP contribution in [0.3, 0.4) is 0 Å². The van der Waals surface area contributed by atoms with Gasteiger partial charge in [0.2, 0.25) is 0 Å². The first kappa shape index (κ1) is 15.2. The smallest absolute Gasteiger partial charge is 0.321 e. The van der Waals surface area contributed by atoms with Gasteiger partial charge in [0.1, 0.15) is 6.54 Å². The monoisotopic (exact) mass is 268 g/mol. The van der Waals surface area contributed by atoms with Gasteiger partial charge in [0.05, 0.1) is 13.3 Å². The van der Waals surface area contributed by atoms with E-state index in [-0.39, 0.29) is 12.5 Å². The van der Waals surface area contributed by atoms with E-state index in [0.29, 0.717) is 19.0 Å². The topological polar surface area (TPSA) is 75.8 Å². The molecule has 0 aliphatic carbocycles. The second-order valence-electron chi connectivity index (χ2n) is 5.04. The van der Waals surface area contributed by atoms with Crippen LogP contribution in [-0.4, -0.2) is 32.1 Å². The Morgan fingerprint density at radius 2 is 2.16 bits per heavy atom. The van der Waals surface area contributed by atoms with Crippen molar-refractivity contribution in [3.8, 4) is 0 Å². The van der Waals surface area contributed by atoms with Crippen molar-refractivity contribution in [2.24, 2.45) is 5.92 Å². The average Bonchev–Trinajstić information content (AvgIpc) is 2.78. The van der Waals surface area contributed by atoms with E-state index in [1.807, 2.05) is 33.0 Å². The number of likely N-dealkylation sites (N-methyl/N-ethyl adjacent to an activating group) is 1. The van der Waals surface area contributed by atoms with Crippen LogP contribution in [0, 0.1) is 5.92 Å². The average molecular weight is 268 g/mol. The van der Waals surface area contributed by atoms with Crippen LogP contribution in [0.2, 0.25) is 0 Å². The van der Waals surface area contributed by atoms with Gasteiger partial charge in [0.15, 0.2) is 12.3 Å². The van der Waals surface area contributed by atoms with E-state index < -0.39 is 6.03 Å². The van der Waals surface area contributed by atoms with Crippen molar-refractivity contribution in [1.29, 1.82) is 0 Å². The molecule has 6 heteroatoms. The summed E-state index contributed by atoms with van der Waals surface area (Å²) in [6.07, 6.45) is 1.60. The quantitative estimate of drug-likeness (QED) is 0.667. The molecule has 3 N–H and O–H groups in total. The number of carbonyl (C=O) groups is 2. The molecule has 106 valence electrons. The Bertz CT molecular complexity index is 401. The lowest BCUT2D eigenvalue weighted by Crippen LogP contribution is -3.09. The standard InChI is InChI=1S/C13H21N3O3/c1-10(2)7-14-13(18)15-12(17)9-16(3)8-11-5-4-6-19-11/h4-6,10H,7-9H2,1-3H3,(H2,14,15,17,18)/p+1. The maximum atomic E-state index is 11.6. The maximum absolute atomic E-state index is 11.6. The van der Waals surface area contributed by atoms with Gasteiger partial charge < -0.3 is 14.6 Å². The lowest BCUT2D eigenvalue weighted by Gasteiger charge is -2.12. The van der Waals surface area contributed by atoms with Crippen LogP contribution in [0.5, 0.6) is 0 Å². The molecule has 1 aromatic rings. The van der Waals surface area contributed by atoms with Gasteiger partial charge >= 0.3 is 6.03 Å². The Hall–Kier alpha value is -1.82. The molecule has 6 nitrogen and oxygen atoms in total. The van der Waals surface area contributed by atoms with E-state index in [0.717, 1.165) is 10.7 Å². The lowest BCUT2D eigenvalue weighted by atomic mass is 10.2. The van der Waals surface area contributed by atoms with E-state index in [1.54, 1.807) is 6.26 Å². The van der Waals surface area contributed by atoms with Gasteiger partial charge in [0.25, 0.3) is 5.91 Å². The van der Waals surface area contributed by atoms with Crippen LogP contribution in [0.1, 0.15) is 19.6 Å². The minimum atomic E-state index is -0.440. The Morgan fingerprint density at radius 3 is 2.74 bits per heavy atom.